The minimum absolute atomic E-state index is 0.0452. The van der Waals surface area contributed by atoms with Gasteiger partial charge in [-0.25, -0.2) is 14.2 Å². The quantitative estimate of drug-likeness (QED) is 0.905. The van der Waals surface area contributed by atoms with Crippen LogP contribution in [0.15, 0.2) is 36.5 Å². The van der Waals surface area contributed by atoms with Crippen molar-refractivity contribution in [3.63, 3.8) is 0 Å². The van der Waals surface area contributed by atoms with Crippen molar-refractivity contribution < 1.29 is 19.0 Å². The number of halogens is 1. The second kappa shape index (κ2) is 4.83. The molecule has 0 aliphatic rings. The Morgan fingerprint density at radius 3 is 2.89 bits per heavy atom. The molecular weight excluding hydrogens is 237 g/mol. The molecule has 2 aromatic rings. The number of carboxylic acid groups (broad SMARTS) is 1. The first-order valence-electron chi connectivity index (χ1n) is 5.20. The van der Waals surface area contributed by atoms with Gasteiger partial charge in [-0.1, -0.05) is 6.07 Å². The van der Waals surface area contributed by atoms with Crippen LogP contribution in [0.4, 0.5) is 4.39 Å². The molecular formula is C13H10FNO3. The normalized spacial score (nSPS) is 10.1. The Balaban J connectivity index is 2.40. The van der Waals surface area contributed by atoms with Gasteiger partial charge in [0, 0.05) is 6.20 Å². The molecule has 0 spiro atoms. The van der Waals surface area contributed by atoms with Crippen LogP contribution >= 0.6 is 0 Å². The minimum Gasteiger partial charge on any atom is -0.477 e. The fourth-order valence-corrected chi connectivity index (χ4v) is 1.43. The molecule has 2 rings (SSSR count). The fraction of sp³-hybridized carbons (Fsp3) is 0.0769. The van der Waals surface area contributed by atoms with Crippen LogP contribution in [-0.4, -0.2) is 16.1 Å². The first kappa shape index (κ1) is 12.0. The predicted molar refractivity (Wildman–Crippen MR) is 62.4 cm³/mol. The van der Waals surface area contributed by atoms with Crippen molar-refractivity contribution in [1.82, 2.24) is 4.98 Å². The maximum absolute atomic E-state index is 13.5. The summed E-state index contributed by atoms with van der Waals surface area (Å²) in [5.41, 5.74) is 0.692. The third-order valence-electron chi connectivity index (χ3n) is 2.29. The van der Waals surface area contributed by atoms with Crippen molar-refractivity contribution in [1.29, 1.82) is 0 Å². The van der Waals surface area contributed by atoms with Gasteiger partial charge in [0.1, 0.15) is 5.56 Å². The molecule has 1 heterocycles. The van der Waals surface area contributed by atoms with Crippen LogP contribution in [0, 0.1) is 12.7 Å². The van der Waals surface area contributed by atoms with Crippen molar-refractivity contribution in [2.24, 2.45) is 0 Å². The third kappa shape index (κ3) is 2.45. The summed E-state index contributed by atoms with van der Waals surface area (Å²) >= 11 is 0. The lowest BCUT2D eigenvalue weighted by molar-refractivity contribution is 0.0693. The summed E-state index contributed by atoms with van der Waals surface area (Å²) in [6.45, 7) is 1.78. The molecule has 5 heteroatoms. The molecule has 1 aromatic heterocycles. The first-order valence-corrected chi connectivity index (χ1v) is 5.20. The van der Waals surface area contributed by atoms with Crippen LogP contribution in [0.2, 0.25) is 0 Å². The Kier molecular flexibility index (Phi) is 3.23. The number of aromatic nitrogens is 1. The highest BCUT2D eigenvalue weighted by Gasteiger charge is 2.14. The van der Waals surface area contributed by atoms with Crippen molar-refractivity contribution >= 4 is 5.97 Å². The van der Waals surface area contributed by atoms with Crippen LogP contribution in [0.25, 0.3) is 0 Å². The first-order chi connectivity index (χ1) is 8.58. The van der Waals surface area contributed by atoms with Gasteiger partial charge in [0.05, 0.1) is 0 Å². The van der Waals surface area contributed by atoms with Gasteiger partial charge < -0.3 is 9.84 Å². The number of rotatable bonds is 3. The van der Waals surface area contributed by atoms with Crippen LogP contribution in [0.5, 0.6) is 11.6 Å². The molecule has 0 radical (unpaired) electrons. The molecule has 0 saturated heterocycles. The van der Waals surface area contributed by atoms with Gasteiger partial charge >= 0.3 is 5.97 Å². The maximum atomic E-state index is 13.5. The summed E-state index contributed by atoms with van der Waals surface area (Å²) in [6.07, 6.45) is 1.38. The number of aromatic carboxylic acids is 1. The van der Waals surface area contributed by atoms with Gasteiger partial charge in [-0.3, -0.25) is 0 Å². The van der Waals surface area contributed by atoms with Gasteiger partial charge in [0.2, 0.25) is 5.88 Å². The molecule has 18 heavy (non-hydrogen) atoms. The molecule has 0 bridgehead atoms. The monoisotopic (exact) mass is 247 g/mol. The topological polar surface area (TPSA) is 59.4 Å². The van der Waals surface area contributed by atoms with Gasteiger partial charge in [0.15, 0.2) is 11.6 Å². The summed E-state index contributed by atoms with van der Waals surface area (Å²) in [5.74, 6) is -1.92. The van der Waals surface area contributed by atoms with Crippen LogP contribution in [0.3, 0.4) is 0 Å². The molecule has 1 N–H and O–H groups in total. The summed E-state index contributed by atoms with van der Waals surface area (Å²) in [7, 11) is 0. The average Bonchev–Trinajstić information content (AvgIpc) is 2.34. The number of ether oxygens (including phenoxy) is 1. The molecule has 0 fully saturated rings. The number of pyridine rings is 1. The molecule has 0 amide bonds. The van der Waals surface area contributed by atoms with Gasteiger partial charge in [-0.2, -0.15) is 0 Å². The van der Waals surface area contributed by atoms with E-state index in [0.717, 1.165) is 5.56 Å². The fourth-order valence-electron chi connectivity index (χ4n) is 1.43. The second-order valence-electron chi connectivity index (χ2n) is 3.70. The van der Waals surface area contributed by atoms with E-state index in [9.17, 15) is 9.18 Å². The number of aryl methyl sites for hydroxylation is 1. The van der Waals surface area contributed by atoms with E-state index in [4.69, 9.17) is 9.84 Å². The Bertz CT molecular complexity index is 599. The zero-order valence-corrected chi connectivity index (χ0v) is 9.55. The van der Waals surface area contributed by atoms with Crippen LogP contribution < -0.4 is 4.74 Å². The van der Waals surface area contributed by atoms with Gasteiger partial charge in [-0.15, -0.1) is 0 Å². The van der Waals surface area contributed by atoms with E-state index in [1.54, 1.807) is 13.0 Å². The number of carbonyl (C=O) groups is 1. The minimum atomic E-state index is -1.17. The predicted octanol–water partition coefficient (Wildman–Crippen LogP) is 3.02. The Morgan fingerprint density at radius 1 is 1.39 bits per heavy atom. The number of carboxylic acids is 1. The van der Waals surface area contributed by atoms with Crippen molar-refractivity contribution in [3.8, 4) is 11.6 Å². The lowest BCUT2D eigenvalue weighted by Crippen LogP contribution is -2.02. The molecule has 92 valence electrons. The molecule has 0 aliphatic carbocycles. The number of nitrogens with zero attached hydrogens (tertiary/aromatic N) is 1. The molecule has 0 unspecified atom stereocenters. The highest BCUT2D eigenvalue weighted by molar-refractivity contribution is 5.90. The van der Waals surface area contributed by atoms with Crippen molar-refractivity contribution in [3.05, 3.63) is 53.5 Å². The number of hydrogen-bond acceptors (Lipinski definition) is 3. The maximum Gasteiger partial charge on any atom is 0.341 e. The Morgan fingerprint density at radius 2 is 2.17 bits per heavy atom. The van der Waals surface area contributed by atoms with Crippen LogP contribution in [-0.2, 0) is 0 Å². The number of benzene rings is 1. The van der Waals surface area contributed by atoms with E-state index < -0.39 is 11.8 Å². The van der Waals surface area contributed by atoms with E-state index >= 15 is 0 Å². The second-order valence-corrected chi connectivity index (χ2v) is 3.70. The summed E-state index contributed by atoms with van der Waals surface area (Å²) in [5, 5.41) is 8.95. The molecule has 1 aromatic carbocycles. The smallest absolute Gasteiger partial charge is 0.341 e. The van der Waals surface area contributed by atoms with E-state index in [2.05, 4.69) is 4.98 Å². The highest BCUT2D eigenvalue weighted by atomic mass is 19.1. The lowest BCUT2D eigenvalue weighted by atomic mass is 10.2. The summed E-state index contributed by atoms with van der Waals surface area (Å²) < 4.78 is 18.7. The molecule has 0 atom stereocenters. The van der Waals surface area contributed by atoms with E-state index in [0.29, 0.717) is 0 Å². The SMILES string of the molecule is Cc1ccc(F)c(Oc2ncccc2C(=O)O)c1. The Labute approximate surface area is 103 Å². The summed E-state index contributed by atoms with van der Waals surface area (Å²) in [6, 6.07) is 7.16. The van der Waals surface area contributed by atoms with Gasteiger partial charge in [0.25, 0.3) is 0 Å². The van der Waals surface area contributed by atoms with Gasteiger partial charge in [-0.05, 0) is 36.8 Å². The van der Waals surface area contributed by atoms with E-state index in [1.807, 2.05) is 0 Å². The molecule has 4 nitrogen and oxygen atoms in total. The van der Waals surface area contributed by atoms with E-state index in [-0.39, 0.29) is 17.2 Å². The molecule has 0 saturated carbocycles. The summed E-state index contributed by atoms with van der Waals surface area (Å²) in [4.78, 5) is 14.7. The zero-order valence-electron chi connectivity index (χ0n) is 9.55. The zero-order chi connectivity index (χ0) is 13.1. The van der Waals surface area contributed by atoms with Crippen molar-refractivity contribution in [2.75, 3.05) is 0 Å². The largest absolute Gasteiger partial charge is 0.477 e. The highest BCUT2D eigenvalue weighted by Crippen LogP contribution is 2.26. The lowest BCUT2D eigenvalue weighted by Gasteiger charge is -2.08. The number of hydrogen-bond donors (Lipinski definition) is 1. The molecule has 0 aliphatic heterocycles. The average molecular weight is 247 g/mol. The van der Waals surface area contributed by atoms with Crippen molar-refractivity contribution in [2.45, 2.75) is 6.92 Å². The van der Waals surface area contributed by atoms with Crippen LogP contribution in [0.1, 0.15) is 15.9 Å². The Hall–Kier alpha value is -2.43. The third-order valence-corrected chi connectivity index (χ3v) is 2.29. The van der Waals surface area contributed by atoms with E-state index in [1.165, 1.54) is 30.5 Å². The standard InChI is InChI=1S/C13H10FNO3/c1-8-4-5-10(14)11(7-8)18-12-9(13(16)17)3-2-6-15-12/h2-7H,1H3,(H,16,17).